The molecule has 1 aromatic heterocycles. The molecule has 0 aliphatic heterocycles. The van der Waals surface area contributed by atoms with Gasteiger partial charge in [-0.3, -0.25) is 9.88 Å². The van der Waals surface area contributed by atoms with Gasteiger partial charge in [-0.05, 0) is 12.8 Å². The van der Waals surface area contributed by atoms with Crippen LogP contribution in [0.25, 0.3) is 0 Å². The highest BCUT2D eigenvalue weighted by Crippen LogP contribution is 2.28. The van der Waals surface area contributed by atoms with Gasteiger partial charge >= 0.3 is 0 Å². The van der Waals surface area contributed by atoms with Crippen LogP contribution < -0.4 is 0 Å². The average molecular weight is 261 g/mol. The van der Waals surface area contributed by atoms with E-state index in [2.05, 4.69) is 25.8 Å². The summed E-state index contributed by atoms with van der Waals surface area (Å²) in [6, 6.07) is 0.847. The normalized spacial score (nSPS) is 16.8. The van der Waals surface area contributed by atoms with Crippen molar-refractivity contribution < 1.29 is 0 Å². The molecule has 0 aromatic carbocycles. The molecular formula is C9H13BrN2S. The summed E-state index contributed by atoms with van der Waals surface area (Å²) >= 11 is 5.25. The van der Waals surface area contributed by atoms with Gasteiger partial charge in [0.15, 0.2) is 0 Å². The van der Waals surface area contributed by atoms with Gasteiger partial charge in [0, 0.05) is 35.5 Å². The number of halogens is 1. The van der Waals surface area contributed by atoms with Crippen molar-refractivity contribution in [3.05, 3.63) is 16.6 Å². The van der Waals surface area contributed by atoms with Crippen molar-refractivity contribution in [2.75, 3.05) is 11.9 Å². The molecular weight excluding hydrogens is 248 g/mol. The number of hydrogen-bond acceptors (Lipinski definition) is 3. The topological polar surface area (TPSA) is 16.1 Å². The Balaban J connectivity index is 1.89. The van der Waals surface area contributed by atoms with Gasteiger partial charge in [0.1, 0.15) is 0 Å². The lowest BCUT2D eigenvalue weighted by Crippen LogP contribution is -2.27. The fourth-order valence-electron chi connectivity index (χ4n) is 1.46. The molecule has 1 aliphatic rings. The third-order valence-electron chi connectivity index (χ3n) is 2.28. The monoisotopic (exact) mass is 260 g/mol. The van der Waals surface area contributed by atoms with Crippen molar-refractivity contribution in [3.8, 4) is 0 Å². The molecule has 0 amide bonds. The molecule has 72 valence electrons. The van der Waals surface area contributed by atoms with Gasteiger partial charge in [0.05, 0.1) is 5.51 Å². The lowest BCUT2D eigenvalue weighted by Gasteiger charge is -2.19. The van der Waals surface area contributed by atoms with Crippen molar-refractivity contribution in [2.45, 2.75) is 25.4 Å². The van der Waals surface area contributed by atoms with E-state index in [4.69, 9.17) is 0 Å². The van der Waals surface area contributed by atoms with Gasteiger partial charge in [-0.25, -0.2) is 0 Å². The molecule has 0 saturated heterocycles. The van der Waals surface area contributed by atoms with Gasteiger partial charge in [0.25, 0.3) is 0 Å². The second-order valence-corrected chi connectivity index (χ2v) is 5.12. The largest absolute Gasteiger partial charge is 0.294 e. The second kappa shape index (κ2) is 4.53. The zero-order valence-electron chi connectivity index (χ0n) is 7.45. The van der Waals surface area contributed by atoms with E-state index in [1.807, 2.05) is 11.7 Å². The quantitative estimate of drug-likeness (QED) is 0.757. The van der Waals surface area contributed by atoms with E-state index in [-0.39, 0.29) is 0 Å². The van der Waals surface area contributed by atoms with E-state index in [0.29, 0.717) is 0 Å². The Bertz CT molecular complexity index is 246. The number of thiazole rings is 1. The SMILES string of the molecule is BrCCN(Cc1cncs1)C1CC1. The van der Waals surface area contributed by atoms with Gasteiger partial charge in [-0.2, -0.15) is 0 Å². The first-order valence-electron chi connectivity index (χ1n) is 4.57. The smallest absolute Gasteiger partial charge is 0.0794 e. The Morgan fingerprint density at radius 1 is 1.62 bits per heavy atom. The fraction of sp³-hybridized carbons (Fsp3) is 0.667. The van der Waals surface area contributed by atoms with Crippen LogP contribution in [0.1, 0.15) is 17.7 Å². The molecule has 0 spiro atoms. The fourth-order valence-corrected chi connectivity index (χ4v) is 2.53. The second-order valence-electron chi connectivity index (χ2n) is 3.36. The Hall–Kier alpha value is 0.0700. The van der Waals surface area contributed by atoms with Crippen molar-refractivity contribution in [2.24, 2.45) is 0 Å². The van der Waals surface area contributed by atoms with E-state index >= 15 is 0 Å². The Kier molecular flexibility index (Phi) is 3.35. The summed E-state index contributed by atoms with van der Waals surface area (Å²) in [5.74, 6) is 0. The Morgan fingerprint density at radius 3 is 3.00 bits per heavy atom. The van der Waals surface area contributed by atoms with Crippen LogP contribution in [0, 0.1) is 0 Å². The molecule has 2 rings (SSSR count). The van der Waals surface area contributed by atoms with Gasteiger partial charge in [0.2, 0.25) is 0 Å². The van der Waals surface area contributed by atoms with Crippen LogP contribution >= 0.6 is 27.3 Å². The molecule has 0 atom stereocenters. The summed E-state index contributed by atoms with van der Waals surface area (Å²) in [7, 11) is 0. The average Bonchev–Trinajstić information content (AvgIpc) is 2.85. The first-order chi connectivity index (χ1) is 6.40. The lowest BCUT2D eigenvalue weighted by molar-refractivity contribution is 0.274. The van der Waals surface area contributed by atoms with Crippen LogP contribution in [-0.4, -0.2) is 27.8 Å². The van der Waals surface area contributed by atoms with Gasteiger partial charge < -0.3 is 0 Å². The highest BCUT2D eigenvalue weighted by Gasteiger charge is 2.28. The molecule has 0 unspecified atom stereocenters. The van der Waals surface area contributed by atoms with Crippen molar-refractivity contribution in [3.63, 3.8) is 0 Å². The van der Waals surface area contributed by atoms with Crippen LogP contribution in [0.5, 0.6) is 0 Å². The van der Waals surface area contributed by atoms with Gasteiger partial charge in [-0.1, -0.05) is 15.9 Å². The van der Waals surface area contributed by atoms with E-state index < -0.39 is 0 Å². The molecule has 4 heteroatoms. The van der Waals surface area contributed by atoms with Crippen LogP contribution in [0.3, 0.4) is 0 Å². The number of nitrogens with zero attached hydrogens (tertiary/aromatic N) is 2. The first kappa shape index (κ1) is 9.62. The number of rotatable bonds is 5. The third-order valence-corrected chi connectivity index (χ3v) is 3.40. The van der Waals surface area contributed by atoms with Crippen molar-refractivity contribution in [1.29, 1.82) is 0 Å². The summed E-state index contributed by atoms with van der Waals surface area (Å²) in [5, 5.41) is 1.07. The lowest BCUT2D eigenvalue weighted by atomic mass is 10.4. The van der Waals surface area contributed by atoms with Crippen molar-refractivity contribution in [1.82, 2.24) is 9.88 Å². The summed E-state index contributed by atoms with van der Waals surface area (Å²) < 4.78 is 0. The number of hydrogen-bond donors (Lipinski definition) is 0. The van der Waals surface area contributed by atoms with Crippen LogP contribution in [-0.2, 0) is 6.54 Å². The molecule has 1 heterocycles. The van der Waals surface area contributed by atoms with Crippen LogP contribution in [0.2, 0.25) is 0 Å². The summed E-state index contributed by atoms with van der Waals surface area (Å²) in [4.78, 5) is 8.02. The van der Waals surface area contributed by atoms with Crippen molar-refractivity contribution >= 4 is 27.3 Å². The zero-order valence-corrected chi connectivity index (χ0v) is 9.85. The maximum Gasteiger partial charge on any atom is 0.0794 e. The molecule has 13 heavy (non-hydrogen) atoms. The molecule has 0 bridgehead atoms. The molecule has 1 aromatic rings. The van der Waals surface area contributed by atoms with E-state index in [0.717, 1.165) is 24.5 Å². The summed E-state index contributed by atoms with van der Waals surface area (Å²) in [6.45, 7) is 2.24. The standard InChI is InChI=1S/C9H13BrN2S/c10-3-4-12(8-1-2-8)6-9-5-11-7-13-9/h5,7-8H,1-4,6H2. The Morgan fingerprint density at radius 2 is 2.46 bits per heavy atom. The van der Waals surface area contributed by atoms with E-state index in [9.17, 15) is 0 Å². The molecule has 1 saturated carbocycles. The molecule has 0 radical (unpaired) electrons. The maximum absolute atomic E-state index is 4.10. The highest BCUT2D eigenvalue weighted by molar-refractivity contribution is 9.09. The zero-order chi connectivity index (χ0) is 9.10. The molecule has 2 nitrogen and oxygen atoms in total. The maximum atomic E-state index is 4.10. The summed E-state index contributed by atoms with van der Waals surface area (Å²) in [6.07, 6.45) is 4.74. The van der Waals surface area contributed by atoms with Crippen LogP contribution in [0.4, 0.5) is 0 Å². The number of aromatic nitrogens is 1. The molecule has 1 fully saturated rings. The molecule has 1 aliphatic carbocycles. The Labute approximate surface area is 91.1 Å². The minimum atomic E-state index is 0.847. The minimum absolute atomic E-state index is 0.847. The summed E-state index contributed by atoms with van der Waals surface area (Å²) in [5.41, 5.74) is 1.91. The predicted molar refractivity (Wildman–Crippen MR) is 59.3 cm³/mol. The predicted octanol–water partition coefficient (Wildman–Crippen LogP) is 2.50. The first-order valence-corrected chi connectivity index (χ1v) is 6.57. The van der Waals surface area contributed by atoms with Gasteiger partial charge in [-0.15, -0.1) is 11.3 Å². The third kappa shape index (κ3) is 2.76. The highest BCUT2D eigenvalue weighted by atomic mass is 79.9. The van der Waals surface area contributed by atoms with E-state index in [1.165, 1.54) is 17.7 Å². The van der Waals surface area contributed by atoms with E-state index in [1.54, 1.807) is 11.3 Å². The minimum Gasteiger partial charge on any atom is -0.294 e. The van der Waals surface area contributed by atoms with Crippen LogP contribution in [0.15, 0.2) is 11.7 Å². The molecule has 0 N–H and O–H groups in total. The number of alkyl halides is 1.